The van der Waals surface area contributed by atoms with E-state index in [4.69, 9.17) is 4.74 Å². The summed E-state index contributed by atoms with van der Waals surface area (Å²) in [4.78, 5) is 39.5. The summed E-state index contributed by atoms with van der Waals surface area (Å²) in [5.41, 5.74) is -0.336. The van der Waals surface area contributed by atoms with Crippen molar-refractivity contribution in [3.8, 4) is 5.75 Å². The number of ether oxygens (including phenoxy) is 1. The van der Waals surface area contributed by atoms with Crippen LogP contribution in [0.15, 0.2) is 24.3 Å². The van der Waals surface area contributed by atoms with Crippen LogP contribution >= 0.6 is 0 Å². The van der Waals surface area contributed by atoms with Crippen LogP contribution in [0.4, 0.5) is 4.79 Å². The molecule has 0 spiro atoms. The number of carbonyl (C=O) groups is 3. The van der Waals surface area contributed by atoms with Gasteiger partial charge in [-0.15, -0.1) is 0 Å². The number of amides is 4. The lowest BCUT2D eigenvalue weighted by Crippen LogP contribution is -2.50. The Morgan fingerprint density at radius 2 is 1.87 bits per heavy atom. The van der Waals surface area contributed by atoms with Crippen molar-refractivity contribution in [1.82, 2.24) is 15.5 Å². The molecule has 4 amide bonds. The molecule has 1 aromatic rings. The smallest absolute Gasteiger partial charge is 0.325 e. The molecule has 2 saturated carbocycles. The molecule has 3 aliphatic rings. The SMILES string of the molecule is COc1ccc(C2(C)NC(=O)N(CC(=O)NC3CC4CCC3(C)C4(C)C)C2=O)cc1. The maximum Gasteiger partial charge on any atom is 0.325 e. The van der Waals surface area contributed by atoms with Crippen LogP contribution in [0, 0.1) is 16.7 Å². The number of methoxy groups -OCH3 is 1. The van der Waals surface area contributed by atoms with E-state index < -0.39 is 17.5 Å². The van der Waals surface area contributed by atoms with Gasteiger partial charge in [-0.05, 0) is 60.6 Å². The molecule has 2 bridgehead atoms. The Balaban J connectivity index is 1.45. The van der Waals surface area contributed by atoms with Crippen molar-refractivity contribution in [2.75, 3.05) is 13.7 Å². The van der Waals surface area contributed by atoms with Gasteiger partial charge in [-0.25, -0.2) is 4.79 Å². The van der Waals surface area contributed by atoms with E-state index >= 15 is 0 Å². The second-order valence-electron chi connectivity index (χ2n) is 9.91. The Morgan fingerprint density at radius 1 is 1.20 bits per heavy atom. The van der Waals surface area contributed by atoms with E-state index in [9.17, 15) is 14.4 Å². The molecule has 7 heteroatoms. The van der Waals surface area contributed by atoms with E-state index in [0.29, 0.717) is 17.2 Å². The van der Waals surface area contributed by atoms with Crippen LogP contribution in [0.1, 0.15) is 52.5 Å². The van der Waals surface area contributed by atoms with Crippen LogP contribution in [0.5, 0.6) is 5.75 Å². The highest BCUT2D eigenvalue weighted by Gasteiger charge is 2.61. The summed E-state index contributed by atoms with van der Waals surface area (Å²) in [6.45, 7) is 8.21. The van der Waals surface area contributed by atoms with Crippen LogP contribution in [-0.4, -0.2) is 42.4 Å². The Morgan fingerprint density at radius 3 is 2.40 bits per heavy atom. The molecule has 4 atom stereocenters. The fourth-order valence-corrected chi connectivity index (χ4v) is 5.77. The average Bonchev–Trinajstić information content (AvgIpc) is 3.14. The number of urea groups is 1. The number of hydrogen-bond acceptors (Lipinski definition) is 4. The van der Waals surface area contributed by atoms with E-state index in [1.54, 1.807) is 38.3 Å². The fourth-order valence-electron chi connectivity index (χ4n) is 5.77. The molecule has 1 heterocycles. The van der Waals surface area contributed by atoms with Gasteiger partial charge in [-0.1, -0.05) is 32.9 Å². The summed E-state index contributed by atoms with van der Waals surface area (Å²) in [6, 6.07) is 6.51. The molecular formula is C23H31N3O4. The van der Waals surface area contributed by atoms with Crippen molar-refractivity contribution in [2.45, 2.75) is 58.5 Å². The minimum atomic E-state index is -1.20. The number of fused-ring (bicyclic) bond motifs is 2. The van der Waals surface area contributed by atoms with Crippen molar-refractivity contribution in [3.05, 3.63) is 29.8 Å². The fraction of sp³-hybridized carbons (Fsp3) is 0.609. The van der Waals surface area contributed by atoms with Crippen molar-refractivity contribution in [1.29, 1.82) is 0 Å². The number of nitrogens with one attached hydrogen (secondary N) is 2. The Labute approximate surface area is 177 Å². The monoisotopic (exact) mass is 413 g/mol. The molecule has 7 nitrogen and oxygen atoms in total. The van der Waals surface area contributed by atoms with Crippen LogP contribution in [-0.2, 0) is 15.1 Å². The first-order chi connectivity index (χ1) is 14.0. The second kappa shape index (κ2) is 6.72. The van der Waals surface area contributed by atoms with E-state index in [1.165, 1.54) is 6.42 Å². The predicted octanol–water partition coefficient (Wildman–Crippen LogP) is 2.79. The lowest BCUT2D eigenvalue weighted by molar-refractivity contribution is -0.135. The minimum Gasteiger partial charge on any atom is -0.497 e. The maximum atomic E-state index is 13.1. The third-order valence-electron chi connectivity index (χ3n) is 8.37. The van der Waals surface area contributed by atoms with Gasteiger partial charge in [0, 0.05) is 6.04 Å². The van der Waals surface area contributed by atoms with Gasteiger partial charge in [0.25, 0.3) is 5.91 Å². The van der Waals surface area contributed by atoms with Crippen molar-refractivity contribution < 1.29 is 19.1 Å². The molecule has 1 aromatic carbocycles. The first-order valence-electron chi connectivity index (χ1n) is 10.6. The van der Waals surface area contributed by atoms with Crippen molar-refractivity contribution >= 4 is 17.8 Å². The first-order valence-corrected chi connectivity index (χ1v) is 10.6. The van der Waals surface area contributed by atoms with Gasteiger partial charge in [0.1, 0.15) is 17.8 Å². The van der Waals surface area contributed by atoms with Crippen molar-refractivity contribution in [3.63, 3.8) is 0 Å². The van der Waals surface area contributed by atoms with Gasteiger partial charge < -0.3 is 15.4 Å². The van der Waals surface area contributed by atoms with Gasteiger partial charge in [0.05, 0.1) is 7.11 Å². The predicted molar refractivity (Wildman–Crippen MR) is 112 cm³/mol. The molecular weight excluding hydrogens is 382 g/mol. The normalized spacial score (nSPS) is 34.2. The van der Waals surface area contributed by atoms with Gasteiger partial charge in [0.2, 0.25) is 5.91 Å². The minimum absolute atomic E-state index is 0.0439. The van der Waals surface area contributed by atoms with Gasteiger partial charge >= 0.3 is 6.03 Å². The molecule has 1 aliphatic heterocycles. The summed E-state index contributed by atoms with van der Waals surface area (Å²) in [5.74, 6) is 0.555. The first kappa shape index (κ1) is 20.7. The molecule has 30 heavy (non-hydrogen) atoms. The number of carbonyl (C=O) groups excluding carboxylic acids is 3. The number of nitrogens with zero attached hydrogens (tertiary/aromatic N) is 1. The molecule has 2 aliphatic carbocycles. The summed E-state index contributed by atoms with van der Waals surface area (Å²) < 4.78 is 5.16. The number of rotatable bonds is 5. The topological polar surface area (TPSA) is 87.7 Å². The number of benzene rings is 1. The third-order valence-corrected chi connectivity index (χ3v) is 8.37. The zero-order chi connectivity index (χ0) is 21.9. The highest BCUT2D eigenvalue weighted by molar-refractivity contribution is 6.09. The third kappa shape index (κ3) is 2.81. The van der Waals surface area contributed by atoms with Crippen LogP contribution in [0.3, 0.4) is 0 Å². The molecule has 1 saturated heterocycles. The standard InChI is InChI=1S/C23H31N3O4/c1-21(2)15-10-11-22(21,3)17(12-15)24-18(27)13-26-19(28)23(4,25-20(26)29)14-6-8-16(30-5)9-7-14/h6-9,15,17H,10-13H2,1-5H3,(H,24,27)(H,25,29). The zero-order valence-electron chi connectivity index (χ0n) is 18.4. The van der Waals surface area contributed by atoms with E-state index in [0.717, 1.165) is 17.7 Å². The van der Waals surface area contributed by atoms with Crippen LogP contribution < -0.4 is 15.4 Å². The van der Waals surface area contributed by atoms with Gasteiger partial charge in [-0.2, -0.15) is 0 Å². The Hall–Kier alpha value is -2.57. The molecule has 0 radical (unpaired) electrons. The Kier molecular flexibility index (Phi) is 4.64. The van der Waals surface area contributed by atoms with E-state index in [-0.39, 0.29) is 29.3 Å². The molecule has 4 rings (SSSR count). The molecule has 162 valence electrons. The molecule has 4 unspecified atom stereocenters. The highest BCUT2D eigenvalue weighted by Crippen LogP contribution is 2.65. The molecule has 0 aromatic heterocycles. The maximum absolute atomic E-state index is 13.1. The lowest BCUT2D eigenvalue weighted by atomic mass is 9.69. The number of imide groups is 1. The molecule has 3 fully saturated rings. The quantitative estimate of drug-likeness (QED) is 0.727. The number of hydrogen-bond donors (Lipinski definition) is 2. The summed E-state index contributed by atoms with van der Waals surface area (Å²) in [7, 11) is 1.57. The van der Waals surface area contributed by atoms with Gasteiger partial charge in [0.15, 0.2) is 0 Å². The van der Waals surface area contributed by atoms with E-state index in [1.807, 2.05) is 0 Å². The molecule has 2 N–H and O–H groups in total. The summed E-state index contributed by atoms with van der Waals surface area (Å²) in [6.07, 6.45) is 3.25. The lowest BCUT2D eigenvalue weighted by Gasteiger charge is -2.39. The Bertz CT molecular complexity index is 896. The zero-order valence-corrected chi connectivity index (χ0v) is 18.4. The highest BCUT2D eigenvalue weighted by atomic mass is 16.5. The average molecular weight is 414 g/mol. The second-order valence-corrected chi connectivity index (χ2v) is 9.91. The van der Waals surface area contributed by atoms with Crippen LogP contribution in [0.2, 0.25) is 0 Å². The summed E-state index contributed by atoms with van der Waals surface area (Å²) in [5, 5.41) is 5.87. The van der Waals surface area contributed by atoms with Crippen molar-refractivity contribution in [2.24, 2.45) is 16.7 Å². The largest absolute Gasteiger partial charge is 0.497 e. The van der Waals surface area contributed by atoms with E-state index in [2.05, 4.69) is 31.4 Å². The van der Waals surface area contributed by atoms with Gasteiger partial charge in [-0.3, -0.25) is 14.5 Å². The summed E-state index contributed by atoms with van der Waals surface area (Å²) >= 11 is 0. The van der Waals surface area contributed by atoms with Crippen LogP contribution in [0.25, 0.3) is 0 Å².